The van der Waals surface area contributed by atoms with Crippen molar-refractivity contribution in [3.63, 3.8) is 0 Å². The van der Waals surface area contributed by atoms with Gasteiger partial charge in [0, 0.05) is 18.7 Å². The molecular formula is C23H22ClN3O4. The Hall–Kier alpha value is -3.32. The number of hydrogen-bond donors (Lipinski definition) is 2. The van der Waals surface area contributed by atoms with E-state index in [4.69, 9.17) is 4.74 Å². The third-order valence-electron chi connectivity index (χ3n) is 5.87. The number of carbonyl (C=O) groups is 2. The topological polar surface area (TPSA) is 93.5 Å². The standard InChI is InChI=1S/C23H21N3O4.ClH/c27-22(28)20-12-26-11-5-10-19(21(26)24-20)25-23(29)30-13-18-16-8-3-1-6-14(16)15-7-2-4-9-17(15)18;/h1-4,6-9,12,18-19H,5,10-11,13H2,(H,25,29)(H,27,28);1H. The van der Waals surface area contributed by atoms with Crippen LogP contribution in [0.3, 0.4) is 0 Å². The van der Waals surface area contributed by atoms with E-state index in [-0.39, 0.29) is 36.7 Å². The van der Waals surface area contributed by atoms with Crippen LogP contribution in [0, 0.1) is 0 Å². The average Bonchev–Trinajstić information content (AvgIpc) is 3.33. The molecule has 8 heteroatoms. The summed E-state index contributed by atoms with van der Waals surface area (Å²) in [4.78, 5) is 27.9. The molecule has 0 fully saturated rings. The maximum Gasteiger partial charge on any atom is 0.407 e. The van der Waals surface area contributed by atoms with Crippen LogP contribution in [-0.4, -0.2) is 33.3 Å². The molecule has 1 amide bonds. The fourth-order valence-electron chi connectivity index (χ4n) is 4.50. The van der Waals surface area contributed by atoms with Crippen LogP contribution in [0.2, 0.25) is 0 Å². The second kappa shape index (κ2) is 8.43. The third-order valence-corrected chi connectivity index (χ3v) is 5.87. The van der Waals surface area contributed by atoms with Gasteiger partial charge in [0.1, 0.15) is 12.4 Å². The molecule has 5 rings (SSSR count). The van der Waals surface area contributed by atoms with Crippen molar-refractivity contribution in [2.24, 2.45) is 0 Å². The molecule has 0 spiro atoms. The van der Waals surface area contributed by atoms with Gasteiger partial charge in [-0.05, 0) is 35.1 Å². The van der Waals surface area contributed by atoms with Crippen LogP contribution in [0.5, 0.6) is 0 Å². The largest absolute Gasteiger partial charge is 0.476 e. The lowest BCUT2D eigenvalue weighted by Crippen LogP contribution is -2.34. The SMILES string of the molecule is Cl.O=C(NC1CCCn2cc(C(=O)O)nc21)OCC1c2ccccc2-c2ccccc21. The minimum absolute atomic E-state index is 0. The number of imidazole rings is 1. The number of halogens is 1. The number of aromatic nitrogens is 2. The van der Waals surface area contributed by atoms with Crippen LogP contribution >= 0.6 is 12.4 Å². The molecule has 7 nitrogen and oxygen atoms in total. The van der Waals surface area contributed by atoms with Gasteiger partial charge in [-0.1, -0.05) is 48.5 Å². The number of nitrogens with zero attached hydrogens (tertiary/aromatic N) is 2. The van der Waals surface area contributed by atoms with Gasteiger partial charge in [-0.15, -0.1) is 12.4 Å². The predicted molar refractivity (Wildman–Crippen MR) is 117 cm³/mol. The molecule has 1 atom stereocenters. The summed E-state index contributed by atoms with van der Waals surface area (Å²) in [7, 11) is 0. The van der Waals surface area contributed by atoms with Gasteiger partial charge in [-0.25, -0.2) is 14.6 Å². The minimum Gasteiger partial charge on any atom is -0.476 e. The highest BCUT2D eigenvalue weighted by Gasteiger charge is 2.30. The summed E-state index contributed by atoms with van der Waals surface area (Å²) in [6, 6.07) is 16.0. The van der Waals surface area contributed by atoms with E-state index in [1.54, 1.807) is 4.57 Å². The number of rotatable bonds is 4. The minimum atomic E-state index is -1.07. The van der Waals surface area contributed by atoms with Crippen LogP contribution in [0.1, 0.15) is 52.2 Å². The van der Waals surface area contributed by atoms with Crippen molar-refractivity contribution in [1.29, 1.82) is 0 Å². The zero-order valence-corrected chi connectivity index (χ0v) is 17.5. The molecule has 1 aliphatic carbocycles. The van der Waals surface area contributed by atoms with E-state index in [0.29, 0.717) is 18.8 Å². The zero-order chi connectivity index (χ0) is 20.7. The molecule has 2 N–H and O–H groups in total. The molecule has 160 valence electrons. The quantitative estimate of drug-likeness (QED) is 0.629. The lowest BCUT2D eigenvalue weighted by molar-refractivity contribution is 0.0690. The van der Waals surface area contributed by atoms with Gasteiger partial charge >= 0.3 is 12.1 Å². The molecule has 1 aliphatic heterocycles. The van der Waals surface area contributed by atoms with E-state index in [0.717, 1.165) is 17.5 Å². The first-order valence-corrected chi connectivity index (χ1v) is 10.0. The number of alkyl carbamates (subject to hydrolysis) is 1. The number of hydrogen-bond acceptors (Lipinski definition) is 4. The number of carbonyl (C=O) groups excluding carboxylic acids is 1. The maximum atomic E-state index is 12.6. The molecule has 0 saturated heterocycles. The number of fused-ring (bicyclic) bond motifs is 4. The van der Waals surface area contributed by atoms with Crippen LogP contribution in [0.25, 0.3) is 11.1 Å². The Morgan fingerprint density at radius 2 is 1.74 bits per heavy atom. The van der Waals surface area contributed by atoms with E-state index < -0.39 is 12.1 Å². The molecule has 2 aromatic carbocycles. The third kappa shape index (κ3) is 3.77. The highest BCUT2D eigenvalue weighted by molar-refractivity contribution is 5.85. The fraction of sp³-hybridized carbons (Fsp3) is 0.261. The molecule has 2 heterocycles. The second-order valence-corrected chi connectivity index (χ2v) is 7.65. The Labute approximate surface area is 185 Å². The molecule has 31 heavy (non-hydrogen) atoms. The van der Waals surface area contributed by atoms with Crippen molar-refractivity contribution in [2.75, 3.05) is 6.61 Å². The highest BCUT2D eigenvalue weighted by atomic mass is 35.5. The second-order valence-electron chi connectivity index (χ2n) is 7.65. The van der Waals surface area contributed by atoms with E-state index in [9.17, 15) is 14.7 Å². The Morgan fingerprint density at radius 1 is 1.10 bits per heavy atom. The Bertz CT molecular complexity index is 1100. The number of amides is 1. The average molecular weight is 440 g/mol. The first-order chi connectivity index (χ1) is 14.6. The lowest BCUT2D eigenvalue weighted by atomic mass is 9.98. The van der Waals surface area contributed by atoms with Crippen molar-refractivity contribution in [3.8, 4) is 11.1 Å². The highest BCUT2D eigenvalue weighted by Crippen LogP contribution is 2.44. The number of ether oxygens (including phenoxy) is 1. The van der Waals surface area contributed by atoms with Crippen LogP contribution in [0.4, 0.5) is 4.79 Å². The maximum absolute atomic E-state index is 12.6. The van der Waals surface area contributed by atoms with Gasteiger partial charge in [0.2, 0.25) is 0 Å². The number of carboxylic acid groups (broad SMARTS) is 1. The van der Waals surface area contributed by atoms with Gasteiger partial charge in [0.25, 0.3) is 0 Å². The molecule has 0 radical (unpaired) electrons. The van der Waals surface area contributed by atoms with Gasteiger partial charge < -0.3 is 19.7 Å². The first-order valence-electron chi connectivity index (χ1n) is 10.0. The summed E-state index contributed by atoms with van der Waals surface area (Å²) >= 11 is 0. The zero-order valence-electron chi connectivity index (χ0n) is 16.7. The van der Waals surface area contributed by atoms with E-state index >= 15 is 0 Å². The van der Waals surface area contributed by atoms with Gasteiger partial charge in [0.05, 0.1) is 6.04 Å². The summed E-state index contributed by atoms with van der Waals surface area (Å²) in [5.74, 6) is -0.515. The summed E-state index contributed by atoms with van der Waals surface area (Å²) in [6.07, 6.45) is 2.52. The molecule has 2 aliphatic rings. The first kappa shape index (κ1) is 20.9. The molecule has 0 bridgehead atoms. The van der Waals surface area contributed by atoms with Gasteiger partial charge in [-0.3, -0.25) is 0 Å². The summed E-state index contributed by atoms with van der Waals surface area (Å²) in [6.45, 7) is 0.930. The van der Waals surface area contributed by atoms with Crippen molar-refractivity contribution in [3.05, 3.63) is 77.4 Å². The van der Waals surface area contributed by atoms with Crippen molar-refractivity contribution < 1.29 is 19.4 Å². The molecule has 3 aromatic rings. The summed E-state index contributed by atoms with van der Waals surface area (Å²) in [5, 5.41) is 12.0. The Morgan fingerprint density at radius 3 is 2.39 bits per heavy atom. The smallest absolute Gasteiger partial charge is 0.407 e. The van der Waals surface area contributed by atoms with Gasteiger partial charge in [0.15, 0.2) is 5.69 Å². The van der Waals surface area contributed by atoms with Crippen LogP contribution in [-0.2, 0) is 11.3 Å². The van der Waals surface area contributed by atoms with Crippen molar-refractivity contribution >= 4 is 24.5 Å². The number of benzene rings is 2. The van der Waals surface area contributed by atoms with Crippen molar-refractivity contribution in [2.45, 2.75) is 31.3 Å². The van der Waals surface area contributed by atoms with Crippen molar-refractivity contribution in [1.82, 2.24) is 14.9 Å². The number of nitrogens with one attached hydrogen (secondary N) is 1. The molecule has 1 unspecified atom stereocenters. The fourth-order valence-corrected chi connectivity index (χ4v) is 4.50. The Balaban J connectivity index is 0.00000231. The van der Waals surface area contributed by atoms with E-state index in [1.807, 2.05) is 24.3 Å². The van der Waals surface area contributed by atoms with Crippen LogP contribution in [0.15, 0.2) is 54.7 Å². The molecule has 0 saturated carbocycles. The Kier molecular flexibility index (Phi) is 5.69. The van der Waals surface area contributed by atoms with E-state index in [2.05, 4.69) is 34.6 Å². The number of aryl methyl sites for hydroxylation is 1. The van der Waals surface area contributed by atoms with Gasteiger partial charge in [-0.2, -0.15) is 0 Å². The monoisotopic (exact) mass is 439 g/mol. The molecular weight excluding hydrogens is 418 g/mol. The summed E-state index contributed by atoms with van der Waals surface area (Å²) in [5.41, 5.74) is 4.66. The van der Waals surface area contributed by atoms with Crippen LogP contribution < -0.4 is 5.32 Å². The van der Waals surface area contributed by atoms with E-state index in [1.165, 1.54) is 17.3 Å². The molecule has 1 aromatic heterocycles. The summed E-state index contributed by atoms with van der Waals surface area (Å²) < 4.78 is 7.40. The number of carboxylic acids is 1. The normalized spacial score (nSPS) is 16.5. The lowest BCUT2D eigenvalue weighted by Gasteiger charge is -2.24. The predicted octanol–water partition coefficient (Wildman–Crippen LogP) is 4.38. The number of aromatic carboxylic acids is 1.